The zero-order valence-electron chi connectivity index (χ0n) is 14.8. The van der Waals surface area contributed by atoms with Gasteiger partial charge in [-0.2, -0.15) is 0 Å². The fourth-order valence-corrected chi connectivity index (χ4v) is 3.72. The van der Waals surface area contributed by atoms with Gasteiger partial charge in [-0.1, -0.05) is 30.3 Å². The maximum atomic E-state index is 12.9. The number of benzene rings is 1. The molecule has 1 amide bonds. The average molecular weight is 371 g/mol. The van der Waals surface area contributed by atoms with Crippen molar-refractivity contribution in [2.24, 2.45) is 0 Å². The molecule has 26 heavy (non-hydrogen) atoms. The average Bonchev–Trinajstić information content (AvgIpc) is 3.09. The molecule has 0 bridgehead atoms. The van der Waals surface area contributed by atoms with Crippen LogP contribution in [-0.2, 0) is 24.3 Å². The van der Waals surface area contributed by atoms with Crippen molar-refractivity contribution in [1.82, 2.24) is 14.5 Å². The minimum atomic E-state index is -0.448. The van der Waals surface area contributed by atoms with Crippen LogP contribution in [0.5, 0.6) is 0 Å². The van der Waals surface area contributed by atoms with Crippen LogP contribution in [0.4, 0.5) is 0 Å². The smallest absolute Gasteiger partial charge is 0.332 e. The molecule has 2 heterocycles. The highest BCUT2D eigenvalue weighted by Crippen LogP contribution is 2.15. The highest BCUT2D eigenvalue weighted by Gasteiger charge is 2.16. The molecule has 6 nitrogen and oxygen atoms in total. The maximum Gasteiger partial charge on any atom is 0.332 e. The van der Waals surface area contributed by atoms with Gasteiger partial charge >= 0.3 is 5.69 Å². The number of thiophene rings is 1. The van der Waals surface area contributed by atoms with Gasteiger partial charge in [0.2, 0.25) is 5.91 Å². The quantitative estimate of drug-likeness (QED) is 0.720. The highest BCUT2D eigenvalue weighted by atomic mass is 32.1. The largest absolute Gasteiger partial charge is 0.352 e. The summed E-state index contributed by atoms with van der Waals surface area (Å²) in [7, 11) is 0. The monoisotopic (exact) mass is 371 g/mol. The molecule has 0 saturated heterocycles. The Morgan fingerprint density at radius 1 is 1.12 bits per heavy atom. The van der Waals surface area contributed by atoms with Crippen molar-refractivity contribution in [3.63, 3.8) is 0 Å². The van der Waals surface area contributed by atoms with Crippen LogP contribution in [0.25, 0.3) is 10.2 Å². The van der Waals surface area contributed by atoms with Crippen LogP contribution in [0.3, 0.4) is 0 Å². The van der Waals surface area contributed by atoms with Gasteiger partial charge < -0.3 is 5.32 Å². The third kappa shape index (κ3) is 3.77. The van der Waals surface area contributed by atoms with Crippen LogP contribution < -0.4 is 16.6 Å². The number of nitrogens with one attached hydrogen (secondary N) is 1. The van der Waals surface area contributed by atoms with Crippen molar-refractivity contribution in [2.75, 3.05) is 0 Å². The van der Waals surface area contributed by atoms with Crippen molar-refractivity contribution in [3.8, 4) is 0 Å². The molecule has 3 rings (SSSR count). The molecule has 1 N–H and O–H groups in total. The fraction of sp³-hybridized carbons (Fsp3) is 0.316. The topological polar surface area (TPSA) is 73.1 Å². The molecule has 0 saturated carbocycles. The second-order valence-electron chi connectivity index (χ2n) is 6.42. The normalized spacial score (nSPS) is 11.2. The standard InChI is InChI=1S/C19H21N3O3S/c1-13(2)20-16(23)12-22-15-9-11-26-17(15)18(24)21(19(22)25)10-8-14-6-4-3-5-7-14/h3-7,9,11,13H,8,10,12H2,1-2H3,(H,20,23). The van der Waals surface area contributed by atoms with E-state index < -0.39 is 5.69 Å². The molecule has 3 aromatic rings. The first-order valence-electron chi connectivity index (χ1n) is 8.51. The molecular formula is C19H21N3O3S. The zero-order chi connectivity index (χ0) is 18.7. The van der Waals surface area contributed by atoms with E-state index in [1.165, 1.54) is 20.5 Å². The first-order chi connectivity index (χ1) is 12.5. The number of rotatable bonds is 6. The van der Waals surface area contributed by atoms with E-state index in [4.69, 9.17) is 0 Å². The van der Waals surface area contributed by atoms with Crippen LogP contribution >= 0.6 is 11.3 Å². The van der Waals surface area contributed by atoms with Crippen molar-refractivity contribution >= 4 is 27.5 Å². The van der Waals surface area contributed by atoms with Gasteiger partial charge in [0.15, 0.2) is 0 Å². The summed E-state index contributed by atoms with van der Waals surface area (Å²) in [5.41, 5.74) is 0.821. The van der Waals surface area contributed by atoms with Gasteiger partial charge in [0.1, 0.15) is 11.2 Å². The van der Waals surface area contributed by atoms with E-state index in [1.807, 2.05) is 44.2 Å². The summed E-state index contributed by atoms with van der Waals surface area (Å²) < 4.78 is 3.11. The molecular weight excluding hydrogens is 350 g/mol. The molecule has 0 atom stereocenters. The van der Waals surface area contributed by atoms with E-state index in [9.17, 15) is 14.4 Å². The van der Waals surface area contributed by atoms with Crippen molar-refractivity contribution in [2.45, 2.75) is 39.4 Å². The van der Waals surface area contributed by atoms with Gasteiger partial charge in [0.25, 0.3) is 5.56 Å². The molecule has 0 radical (unpaired) electrons. The summed E-state index contributed by atoms with van der Waals surface area (Å²) in [5, 5.41) is 4.55. The Hall–Kier alpha value is -2.67. The summed E-state index contributed by atoms with van der Waals surface area (Å²) in [6.45, 7) is 3.90. The Morgan fingerprint density at radius 2 is 1.85 bits per heavy atom. The van der Waals surface area contributed by atoms with Crippen LogP contribution in [-0.4, -0.2) is 21.1 Å². The summed E-state index contributed by atoms with van der Waals surface area (Å²) in [6.07, 6.45) is 0.574. The molecule has 0 aliphatic rings. The fourth-order valence-electron chi connectivity index (χ4n) is 2.88. The van der Waals surface area contributed by atoms with Crippen LogP contribution in [0.2, 0.25) is 0 Å². The lowest BCUT2D eigenvalue weighted by atomic mass is 10.1. The number of nitrogens with zero attached hydrogens (tertiary/aromatic N) is 2. The molecule has 136 valence electrons. The molecule has 7 heteroatoms. The number of hydrogen-bond acceptors (Lipinski definition) is 4. The minimum absolute atomic E-state index is 0.0137. The van der Waals surface area contributed by atoms with Gasteiger partial charge in [-0.15, -0.1) is 11.3 Å². The van der Waals surface area contributed by atoms with Crippen LogP contribution in [0.15, 0.2) is 51.4 Å². The minimum Gasteiger partial charge on any atom is -0.352 e. The Bertz CT molecular complexity index is 1030. The SMILES string of the molecule is CC(C)NC(=O)Cn1c(=O)n(CCc2ccccc2)c(=O)c2sccc21. The van der Waals surface area contributed by atoms with E-state index in [0.717, 1.165) is 5.56 Å². The van der Waals surface area contributed by atoms with Gasteiger partial charge in [-0.25, -0.2) is 4.79 Å². The second kappa shape index (κ2) is 7.70. The molecule has 0 unspecified atom stereocenters. The summed E-state index contributed by atoms with van der Waals surface area (Å²) in [4.78, 5) is 37.8. The summed E-state index contributed by atoms with van der Waals surface area (Å²) in [6, 6.07) is 11.4. The number of carbonyl (C=O) groups is 1. The van der Waals surface area contributed by atoms with E-state index in [2.05, 4.69) is 5.32 Å². The van der Waals surface area contributed by atoms with Crippen molar-refractivity contribution < 1.29 is 4.79 Å². The van der Waals surface area contributed by atoms with E-state index >= 15 is 0 Å². The number of fused-ring (bicyclic) bond motifs is 1. The number of aromatic nitrogens is 2. The van der Waals surface area contributed by atoms with Crippen LogP contribution in [0, 0.1) is 0 Å². The Balaban J connectivity index is 1.99. The molecule has 2 aromatic heterocycles. The lowest BCUT2D eigenvalue weighted by Gasteiger charge is -2.13. The maximum absolute atomic E-state index is 12.9. The molecule has 0 aliphatic heterocycles. The Labute approximate surface area is 154 Å². The molecule has 1 aromatic carbocycles. The summed E-state index contributed by atoms with van der Waals surface area (Å²) >= 11 is 1.29. The first kappa shape index (κ1) is 18.1. The second-order valence-corrected chi connectivity index (χ2v) is 7.33. The van der Waals surface area contributed by atoms with Gasteiger partial charge in [-0.05, 0) is 37.3 Å². The summed E-state index contributed by atoms with van der Waals surface area (Å²) in [5.74, 6) is -0.247. The molecule has 0 spiro atoms. The third-order valence-electron chi connectivity index (χ3n) is 4.05. The number of hydrogen-bond donors (Lipinski definition) is 1. The van der Waals surface area contributed by atoms with Crippen molar-refractivity contribution in [1.29, 1.82) is 0 Å². The Morgan fingerprint density at radius 3 is 2.54 bits per heavy atom. The first-order valence-corrected chi connectivity index (χ1v) is 9.39. The van der Waals surface area contributed by atoms with Gasteiger partial charge in [0.05, 0.1) is 5.52 Å². The van der Waals surface area contributed by atoms with E-state index in [1.54, 1.807) is 11.4 Å². The number of aryl methyl sites for hydroxylation is 1. The van der Waals surface area contributed by atoms with E-state index in [-0.39, 0.29) is 30.6 Å². The number of amides is 1. The highest BCUT2D eigenvalue weighted by molar-refractivity contribution is 7.17. The predicted octanol–water partition coefficient (Wildman–Crippen LogP) is 1.99. The molecule has 0 fully saturated rings. The van der Waals surface area contributed by atoms with Crippen molar-refractivity contribution in [3.05, 3.63) is 68.2 Å². The lowest BCUT2D eigenvalue weighted by Crippen LogP contribution is -2.43. The molecule has 0 aliphatic carbocycles. The van der Waals surface area contributed by atoms with E-state index in [0.29, 0.717) is 16.6 Å². The third-order valence-corrected chi connectivity index (χ3v) is 4.95. The Kier molecular flexibility index (Phi) is 5.37. The van der Waals surface area contributed by atoms with Crippen LogP contribution in [0.1, 0.15) is 19.4 Å². The predicted molar refractivity (Wildman–Crippen MR) is 104 cm³/mol. The number of carbonyl (C=O) groups excluding carboxylic acids is 1. The van der Waals surface area contributed by atoms with Gasteiger partial charge in [0, 0.05) is 12.6 Å². The zero-order valence-corrected chi connectivity index (χ0v) is 15.6. The van der Waals surface area contributed by atoms with Gasteiger partial charge in [-0.3, -0.25) is 18.7 Å². The lowest BCUT2D eigenvalue weighted by molar-refractivity contribution is -0.122.